The first-order chi connectivity index (χ1) is 13.0. The molecule has 0 atom stereocenters. The highest BCUT2D eigenvalue weighted by Gasteiger charge is 2.23. The minimum Gasteiger partial charge on any atom is -0.466 e. The number of nitrogen functional groups attached to an aromatic ring is 1. The van der Waals surface area contributed by atoms with E-state index in [0.29, 0.717) is 0 Å². The zero-order valence-electron chi connectivity index (χ0n) is 16.1. The minimum atomic E-state index is -0.234. The van der Waals surface area contributed by atoms with Crippen molar-refractivity contribution in [2.75, 3.05) is 44.7 Å². The number of nitrogens with zero attached hydrogens (tertiary/aromatic N) is 2. The van der Waals surface area contributed by atoms with Gasteiger partial charge < -0.3 is 20.3 Å². The Hall–Kier alpha value is -2.34. The molecular weight excluding hydrogens is 340 g/mol. The molecule has 0 spiro atoms. The smallest absolute Gasteiger partial charge is 0.330 e. The number of nitrogens with two attached hydrogens (primary N) is 1. The molecular formula is C21H30N4O2. The third kappa shape index (κ3) is 5.32. The van der Waals surface area contributed by atoms with Gasteiger partial charge in [-0.05, 0) is 55.9 Å². The van der Waals surface area contributed by atoms with Crippen LogP contribution in [0.5, 0.6) is 0 Å². The van der Waals surface area contributed by atoms with E-state index in [0.717, 1.165) is 57.0 Å². The van der Waals surface area contributed by atoms with Gasteiger partial charge in [0.15, 0.2) is 0 Å². The molecule has 1 aromatic carbocycles. The molecule has 6 heteroatoms. The van der Waals surface area contributed by atoms with Crippen LogP contribution in [0.25, 0.3) is 0 Å². The number of likely N-dealkylation sites (tertiary alicyclic amines) is 1. The van der Waals surface area contributed by atoms with Crippen molar-refractivity contribution >= 4 is 17.5 Å². The second kappa shape index (κ2) is 9.04. The van der Waals surface area contributed by atoms with Crippen molar-refractivity contribution in [3.05, 3.63) is 41.5 Å². The lowest BCUT2D eigenvalue weighted by atomic mass is 9.94. The molecule has 3 rings (SSSR count). The van der Waals surface area contributed by atoms with E-state index in [4.69, 9.17) is 15.9 Å². The van der Waals surface area contributed by atoms with Crippen LogP contribution in [0.15, 0.2) is 35.9 Å². The van der Waals surface area contributed by atoms with Gasteiger partial charge in [-0.2, -0.15) is 0 Å². The van der Waals surface area contributed by atoms with E-state index < -0.39 is 0 Å². The molecule has 0 unspecified atom stereocenters. The lowest BCUT2D eigenvalue weighted by Gasteiger charge is -2.37. The largest absolute Gasteiger partial charge is 0.466 e. The summed E-state index contributed by atoms with van der Waals surface area (Å²) in [5.41, 5.74) is 8.73. The summed E-state index contributed by atoms with van der Waals surface area (Å²) < 4.78 is 4.72. The number of hydrogen-bond acceptors (Lipinski definition) is 5. The molecule has 3 N–H and O–H groups in total. The van der Waals surface area contributed by atoms with Crippen LogP contribution in [0.3, 0.4) is 0 Å². The Kier molecular flexibility index (Phi) is 6.50. The average Bonchev–Trinajstić information content (AvgIpc) is 2.70. The summed E-state index contributed by atoms with van der Waals surface area (Å²) in [4.78, 5) is 16.3. The van der Waals surface area contributed by atoms with Gasteiger partial charge in [-0.3, -0.25) is 5.41 Å². The van der Waals surface area contributed by atoms with Gasteiger partial charge in [0.25, 0.3) is 0 Å². The van der Waals surface area contributed by atoms with E-state index >= 15 is 0 Å². The maximum atomic E-state index is 11.3. The quantitative estimate of drug-likeness (QED) is 0.360. The Balaban J connectivity index is 1.43. The number of nitrogens with one attached hydrogen (secondary N) is 1. The number of carbonyl (C=O) groups excluding carboxylic acids is 1. The van der Waals surface area contributed by atoms with Gasteiger partial charge in [-0.25, -0.2) is 4.79 Å². The highest BCUT2D eigenvalue weighted by molar-refractivity contribution is 5.95. The molecule has 2 saturated heterocycles. The molecule has 2 fully saturated rings. The number of ether oxygens (including phenoxy) is 1. The van der Waals surface area contributed by atoms with Crippen molar-refractivity contribution in [2.24, 2.45) is 11.7 Å². The number of piperidine rings is 2. The van der Waals surface area contributed by atoms with Crippen molar-refractivity contribution < 1.29 is 9.53 Å². The number of anilines is 1. The van der Waals surface area contributed by atoms with Crippen molar-refractivity contribution in [3.63, 3.8) is 0 Å². The van der Waals surface area contributed by atoms with Gasteiger partial charge in [0, 0.05) is 50.1 Å². The van der Waals surface area contributed by atoms with E-state index in [1.54, 1.807) is 6.08 Å². The summed E-state index contributed by atoms with van der Waals surface area (Å²) in [7, 11) is 1.43. The van der Waals surface area contributed by atoms with Crippen LogP contribution in [0.4, 0.5) is 5.69 Å². The summed E-state index contributed by atoms with van der Waals surface area (Å²) in [5.74, 6) is 0.623. The van der Waals surface area contributed by atoms with Gasteiger partial charge in [0.1, 0.15) is 5.84 Å². The maximum absolute atomic E-state index is 11.3. The standard InChI is InChI=1S/C21H30N4O2/c1-27-20(26)14-16-6-10-24(11-7-16)15-17-8-12-25(13-9-17)19-4-2-18(3-5-19)21(22)23/h2-5,14,17H,6-13,15H2,1H3,(H3,22,23). The van der Waals surface area contributed by atoms with Crippen LogP contribution < -0.4 is 10.6 Å². The molecule has 0 aliphatic carbocycles. The normalized spacial score (nSPS) is 19.0. The van der Waals surface area contributed by atoms with E-state index in [-0.39, 0.29) is 11.8 Å². The number of carbonyl (C=O) groups is 1. The number of amidine groups is 1. The molecule has 27 heavy (non-hydrogen) atoms. The van der Waals surface area contributed by atoms with Gasteiger partial charge in [-0.1, -0.05) is 5.57 Å². The van der Waals surface area contributed by atoms with Crippen molar-refractivity contribution in [2.45, 2.75) is 25.7 Å². The average molecular weight is 370 g/mol. The first-order valence-corrected chi connectivity index (χ1v) is 9.74. The van der Waals surface area contributed by atoms with Crippen LogP contribution >= 0.6 is 0 Å². The van der Waals surface area contributed by atoms with Gasteiger partial charge >= 0.3 is 5.97 Å². The first kappa shape index (κ1) is 19.4. The minimum absolute atomic E-state index is 0.117. The van der Waals surface area contributed by atoms with Crippen LogP contribution in [0, 0.1) is 11.3 Å². The highest BCUT2D eigenvalue weighted by Crippen LogP contribution is 2.26. The van der Waals surface area contributed by atoms with Crippen LogP contribution in [0.2, 0.25) is 0 Å². The van der Waals surface area contributed by atoms with Crippen LogP contribution in [0.1, 0.15) is 31.2 Å². The fourth-order valence-corrected chi connectivity index (χ4v) is 3.98. The molecule has 0 aromatic heterocycles. The SMILES string of the molecule is COC(=O)C=C1CCN(CC2CCN(c3ccc(C(=N)N)cc3)CC2)CC1. The van der Waals surface area contributed by atoms with E-state index in [2.05, 4.69) is 21.9 Å². The fourth-order valence-electron chi connectivity index (χ4n) is 3.98. The van der Waals surface area contributed by atoms with E-state index in [9.17, 15) is 4.79 Å². The van der Waals surface area contributed by atoms with Gasteiger partial charge in [-0.15, -0.1) is 0 Å². The third-order valence-corrected chi connectivity index (χ3v) is 5.70. The fraction of sp³-hybridized carbons (Fsp3) is 0.524. The monoisotopic (exact) mass is 370 g/mol. The summed E-state index contributed by atoms with van der Waals surface area (Å²) in [6.45, 7) is 5.38. The Morgan fingerprint density at radius 2 is 1.81 bits per heavy atom. The molecule has 0 radical (unpaired) electrons. The van der Waals surface area contributed by atoms with Crippen molar-refractivity contribution in [1.29, 1.82) is 5.41 Å². The zero-order chi connectivity index (χ0) is 19.2. The lowest BCUT2D eigenvalue weighted by molar-refractivity contribution is -0.134. The molecule has 1 aromatic rings. The third-order valence-electron chi connectivity index (χ3n) is 5.70. The predicted molar refractivity (Wildman–Crippen MR) is 108 cm³/mol. The summed E-state index contributed by atoms with van der Waals surface area (Å²) in [6, 6.07) is 7.99. The molecule has 146 valence electrons. The molecule has 6 nitrogen and oxygen atoms in total. The van der Waals surface area contributed by atoms with Crippen molar-refractivity contribution in [1.82, 2.24) is 4.90 Å². The van der Waals surface area contributed by atoms with E-state index in [1.807, 2.05) is 12.1 Å². The lowest BCUT2D eigenvalue weighted by Crippen LogP contribution is -2.40. The first-order valence-electron chi connectivity index (χ1n) is 9.74. The number of methoxy groups -OCH3 is 1. The summed E-state index contributed by atoms with van der Waals surface area (Å²) in [5, 5.41) is 7.49. The number of rotatable bonds is 5. The summed E-state index contributed by atoms with van der Waals surface area (Å²) >= 11 is 0. The maximum Gasteiger partial charge on any atom is 0.330 e. The number of esters is 1. The Morgan fingerprint density at radius 1 is 1.19 bits per heavy atom. The Bertz CT molecular complexity index is 681. The molecule has 2 heterocycles. The molecule has 0 amide bonds. The molecule has 0 saturated carbocycles. The van der Waals surface area contributed by atoms with Crippen LogP contribution in [-0.4, -0.2) is 56.5 Å². The second-order valence-electron chi connectivity index (χ2n) is 7.52. The molecule has 2 aliphatic heterocycles. The molecule has 0 bridgehead atoms. The second-order valence-corrected chi connectivity index (χ2v) is 7.52. The van der Waals surface area contributed by atoms with E-state index in [1.165, 1.54) is 31.2 Å². The summed E-state index contributed by atoms with van der Waals surface area (Å²) in [6.07, 6.45) is 6.01. The number of hydrogen-bond donors (Lipinski definition) is 2. The Labute approximate surface area is 161 Å². The predicted octanol–water partition coefficient (Wildman–Crippen LogP) is 2.38. The zero-order valence-corrected chi connectivity index (χ0v) is 16.1. The van der Waals surface area contributed by atoms with Gasteiger partial charge in [0.2, 0.25) is 0 Å². The van der Waals surface area contributed by atoms with Gasteiger partial charge in [0.05, 0.1) is 7.11 Å². The Morgan fingerprint density at radius 3 is 2.37 bits per heavy atom. The van der Waals surface area contributed by atoms with Crippen molar-refractivity contribution in [3.8, 4) is 0 Å². The topological polar surface area (TPSA) is 82.7 Å². The van der Waals surface area contributed by atoms with Crippen LogP contribution in [-0.2, 0) is 9.53 Å². The highest BCUT2D eigenvalue weighted by atomic mass is 16.5. The molecule has 2 aliphatic rings. The number of benzene rings is 1.